The molecule has 6 unspecified atom stereocenters. The Morgan fingerprint density at radius 1 is 1.27 bits per heavy atom. The van der Waals surface area contributed by atoms with Gasteiger partial charge in [0.1, 0.15) is 5.60 Å². The van der Waals surface area contributed by atoms with Crippen molar-refractivity contribution in [1.29, 1.82) is 0 Å². The van der Waals surface area contributed by atoms with Crippen LogP contribution in [-0.2, 0) is 9.53 Å². The van der Waals surface area contributed by atoms with E-state index in [-0.39, 0.29) is 5.60 Å². The number of ether oxygens (including phenoxy) is 1. The van der Waals surface area contributed by atoms with E-state index in [0.29, 0.717) is 30.8 Å². The van der Waals surface area contributed by atoms with Crippen molar-refractivity contribution in [3.63, 3.8) is 0 Å². The lowest BCUT2D eigenvalue weighted by molar-refractivity contribution is -0.146. The largest absolute Gasteiger partial charge is 0.478 e. The van der Waals surface area contributed by atoms with E-state index in [4.69, 9.17) is 9.84 Å². The van der Waals surface area contributed by atoms with Crippen LogP contribution >= 0.6 is 0 Å². The minimum Gasteiger partial charge on any atom is -0.478 e. The fourth-order valence-corrected chi connectivity index (χ4v) is 6.88. The smallest absolute Gasteiger partial charge is 0.330 e. The van der Waals surface area contributed by atoms with E-state index in [1.807, 2.05) is 13.0 Å². The summed E-state index contributed by atoms with van der Waals surface area (Å²) in [7, 11) is 0. The van der Waals surface area contributed by atoms with E-state index in [2.05, 4.69) is 47.3 Å². The molecular weight excluding hydrogens is 512 g/mol. The van der Waals surface area contributed by atoms with Gasteiger partial charge in [-0.15, -0.1) is 6.58 Å². The van der Waals surface area contributed by atoms with Crippen LogP contribution in [-0.4, -0.2) is 44.2 Å². The van der Waals surface area contributed by atoms with Gasteiger partial charge in [0, 0.05) is 5.57 Å². The number of aliphatic carboxylic acids is 1. The normalized spacial score (nSPS) is 28.0. The molecule has 1 aliphatic heterocycles. The first-order valence-electron chi connectivity index (χ1n) is 16.2. The molecule has 0 spiro atoms. The van der Waals surface area contributed by atoms with Crippen molar-refractivity contribution in [2.24, 2.45) is 11.8 Å². The molecule has 0 bridgehead atoms. The van der Waals surface area contributed by atoms with Gasteiger partial charge in [-0.3, -0.25) is 0 Å². The summed E-state index contributed by atoms with van der Waals surface area (Å²) in [6.45, 7) is 18.7. The van der Waals surface area contributed by atoms with E-state index in [1.54, 1.807) is 13.0 Å². The van der Waals surface area contributed by atoms with Crippen LogP contribution in [0.5, 0.6) is 0 Å². The molecule has 0 radical (unpaired) electrons. The Labute approximate surface area is 250 Å². The van der Waals surface area contributed by atoms with E-state index in [1.165, 1.54) is 30.4 Å². The minimum absolute atomic E-state index is 0.172. The monoisotopic (exact) mass is 572 g/mol. The summed E-state index contributed by atoms with van der Waals surface area (Å²) in [6.07, 6.45) is 18.0. The highest BCUT2D eigenvalue weighted by molar-refractivity contribution is 5.85. The van der Waals surface area contributed by atoms with Crippen molar-refractivity contribution in [1.82, 2.24) is 0 Å². The van der Waals surface area contributed by atoms with Gasteiger partial charge >= 0.3 is 5.97 Å². The maximum absolute atomic E-state index is 11.1. The number of rotatable bonds is 18. The molecule has 1 aliphatic carbocycles. The van der Waals surface area contributed by atoms with Gasteiger partial charge in [-0.05, 0) is 127 Å². The summed E-state index contributed by atoms with van der Waals surface area (Å²) in [5.41, 5.74) is 2.39. The molecule has 5 nitrogen and oxygen atoms in total. The van der Waals surface area contributed by atoms with Crippen LogP contribution in [0, 0.1) is 11.8 Å². The maximum Gasteiger partial charge on any atom is 0.330 e. The molecule has 41 heavy (non-hydrogen) atoms. The molecule has 5 heteroatoms. The second-order valence-electron chi connectivity index (χ2n) is 13.7. The second kappa shape index (κ2) is 15.7. The average molecular weight is 573 g/mol. The van der Waals surface area contributed by atoms with Crippen molar-refractivity contribution in [3.05, 3.63) is 47.1 Å². The van der Waals surface area contributed by atoms with Gasteiger partial charge in [-0.1, -0.05) is 58.6 Å². The van der Waals surface area contributed by atoms with Gasteiger partial charge in [0.2, 0.25) is 0 Å². The van der Waals surface area contributed by atoms with Crippen LogP contribution in [0.15, 0.2) is 47.1 Å². The predicted octanol–water partition coefficient (Wildman–Crippen LogP) is 8.85. The standard InChI is InChI=1S/C36H60O5/c1-9-15-29(18-14-21-34(7,40)20-13-17-27(5)33(38)39)24-31-28(6)32(37)25-30-19-23-35(8,41-36(30,31)11-3)22-12-16-26(4)10-2/h9,17,25-26,29,32,37,40H,1,10-16,18-24H2,2-8H3,(H,38,39)/b27-17+. The summed E-state index contributed by atoms with van der Waals surface area (Å²) in [4.78, 5) is 11.0. The van der Waals surface area contributed by atoms with Crippen molar-refractivity contribution in [2.75, 3.05) is 0 Å². The maximum atomic E-state index is 11.1. The highest BCUT2D eigenvalue weighted by atomic mass is 16.5. The van der Waals surface area contributed by atoms with E-state index >= 15 is 0 Å². The van der Waals surface area contributed by atoms with Gasteiger partial charge in [0.25, 0.3) is 0 Å². The Hall–Kier alpha value is -1.69. The number of carbonyl (C=O) groups is 1. The Kier molecular flexibility index (Phi) is 13.6. The number of aliphatic hydroxyl groups excluding tert-OH is 1. The number of hydrogen-bond donors (Lipinski definition) is 3. The van der Waals surface area contributed by atoms with Crippen LogP contribution in [0.3, 0.4) is 0 Å². The molecule has 2 aliphatic rings. The Morgan fingerprint density at radius 2 is 1.98 bits per heavy atom. The lowest BCUT2D eigenvalue weighted by atomic mass is 9.67. The molecule has 0 amide bonds. The van der Waals surface area contributed by atoms with Crippen LogP contribution in [0.25, 0.3) is 0 Å². The number of allylic oxidation sites excluding steroid dienone is 2. The second-order valence-corrected chi connectivity index (χ2v) is 13.7. The zero-order chi connectivity index (χ0) is 30.8. The van der Waals surface area contributed by atoms with Crippen LogP contribution in [0.1, 0.15) is 138 Å². The highest BCUT2D eigenvalue weighted by Crippen LogP contribution is 2.52. The quantitative estimate of drug-likeness (QED) is 0.113. The summed E-state index contributed by atoms with van der Waals surface area (Å²) >= 11 is 0. The molecule has 1 saturated heterocycles. The highest BCUT2D eigenvalue weighted by Gasteiger charge is 2.50. The molecule has 1 heterocycles. The third kappa shape index (κ3) is 9.93. The third-order valence-corrected chi connectivity index (χ3v) is 10.0. The fourth-order valence-electron chi connectivity index (χ4n) is 6.88. The van der Waals surface area contributed by atoms with Crippen molar-refractivity contribution in [2.45, 2.75) is 161 Å². The van der Waals surface area contributed by atoms with Crippen molar-refractivity contribution in [3.8, 4) is 0 Å². The zero-order valence-corrected chi connectivity index (χ0v) is 27.2. The first-order chi connectivity index (χ1) is 19.2. The van der Waals surface area contributed by atoms with Gasteiger partial charge < -0.3 is 20.1 Å². The van der Waals surface area contributed by atoms with E-state index in [9.17, 15) is 15.0 Å². The molecule has 234 valence electrons. The average Bonchev–Trinajstić information content (AvgIpc) is 2.91. The van der Waals surface area contributed by atoms with E-state index in [0.717, 1.165) is 62.9 Å². The summed E-state index contributed by atoms with van der Waals surface area (Å²) in [6, 6.07) is 0. The molecule has 2 rings (SSSR count). The number of carboxylic acids is 1. The number of hydrogen-bond acceptors (Lipinski definition) is 4. The SMILES string of the molecule is C=CCC(CCCC(C)(O)CC/C=C(\C)C(=O)O)CC1=C(C)C(O)C=C2CCC(C)(CCCC(C)CC)OC21CC. The van der Waals surface area contributed by atoms with Crippen LogP contribution in [0.2, 0.25) is 0 Å². The Balaban J connectivity index is 2.16. The zero-order valence-electron chi connectivity index (χ0n) is 27.2. The van der Waals surface area contributed by atoms with Crippen molar-refractivity contribution >= 4 is 5.97 Å². The van der Waals surface area contributed by atoms with Gasteiger partial charge in [-0.2, -0.15) is 0 Å². The molecule has 0 aromatic heterocycles. The first kappa shape index (κ1) is 35.5. The summed E-state index contributed by atoms with van der Waals surface area (Å²) < 4.78 is 7.23. The van der Waals surface area contributed by atoms with Gasteiger partial charge in [0.05, 0.1) is 17.3 Å². The first-order valence-corrected chi connectivity index (χ1v) is 16.2. The molecule has 6 atom stereocenters. The molecule has 1 fully saturated rings. The van der Waals surface area contributed by atoms with Crippen LogP contribution < -0.4 is 0 Å². The summed E-state index contributed by atoms with van der Waals surface area (Å²) in [5.74, 6) is 0.177. The minimum atomic E-state index is -0.912. The topological polar surface area (TPSA) is 87.0 Å². The molecular formula is C36H60O5. The lowest BCUT2D eigenvalue weighted by Gasteiger charge is -2.52. The Morgan fingerprint density at radius 3 is 2.59 bits per heavy atom. The Bertz CT molecular complexity index is 972. The predicted molar refractivity (Wildman–Crippen MR) is 170 cm³/mol. The number of aliphatic hydroxyl groups is 2. The van der Waals surface area contributed by atoms with Crippen molar-refractivity contribution < 1.29 is 24.9 Å². The molecule has 0 aromatic carbocycles. The molecule has 3 N–H and O–H groups in total. The number of fused-ring (bicyclic) bond motifs is 1. The van der Waals surface area contributed by atoms with Gasteiger partial charge in [0.15, 0.2) is 0 Å². The molecule has 0 aromatic rings. The van der Waals surface area contributed by atoms with E-state index < -0.39 is 23.3 Å². The summed E-state index contributed by atoms with van der Waals surface area (Å²) in [5, 5.41) is 31.1. The van der Waals surface area contributed by atoms with Crippen LogP contribution in [0.4, 0.5) is 0 Å². The molecule has 0 saturated carbocycles. The lowest BCUT2D eigenvalue weighted by Crippen LogP contribution is -2.52. The fraction of sp³-hybridized carbons (Fsp3) is 0.750. The van der Waals surface area contributed by atoms with Gasteiger partial charge in [-0.25, -0.2) is 4.79 Å². The number of carboxylic acid groups (broad SMARTS) is 1. The third-order valence-electron chi connectivity index (χ3n) is 10.0.